The summed E-state index contributed by atoms with van der Waals surface area (Å²) in [5.74, 6) is 1.54. The number of hydrogen-bond donors (Lipinski definition) is 2. The Kier molecular flexibility index (Phi) is 11.7. The van der Waals surface area contributed by atoms with Crippen molar-refractivity contribution in [1.82, 2.24) is 5.32 Å². The molecule has 5 nitrogen and oxygen atoms in total. The van der Waals surface area contributed by atoms with Crippen LogP contribution in [-0.2, 0) is 14.2 Å². The van der Waals surface area contributed by atoms with E-state index in [-0.39, 0.29) is 11.8 Å². The molecule has 0 amide bonds. The Morgan fingerprint density at radius 2 is 1.88 bits per heavy atom. The van der Waals surface area contributed by atoms with E-state index in [9.17, 15) is 5.11 Å². The van der Waals surface area contributed by atoms with Crippen LogP contribution < -0.4 is 5.32 Å². The Labute approximate surface area is 153 Å². The lowest BCUT2D eigenvalue weighted by molar-refractivity contribution is 0.0889. The molecule has 3 atom stereocenters. The summed E-state index contributed by atoms with van der Waals surface area (Å²) in [5, 5.41) is 13.2. The van der Waals surface area contributed by atoms with Gasteiger partial charge in [-0.1, -0.05) is 32.1 Å². The summed E-state index contributed by atoms with van der Waals surface area (Å²) in [5.41, 5.74) is 0.920. The molecular formula is C20H35NO4. The maximum Gasteiger partial charge on any atom is 0.199 e. The van der Waals surface area contributed by atoms with Gasteiger partial charge in [0.05, 0.1) is 26.9 Å². The van der Waals surface area contributed by atoms with Gasteiger partial charge in [-0.05, 0) is 38.9 Å². The third kappa shape index (κ3) is 7.36. The molecule has 1 unspecified atom stereocenters. The van der Waals surface area contributed by atoms with Crippen LogP contribution in [0.2, 0.25) is 0 Å². The van der Waals surface area contributed by atoms with Gasteiger partial charge in [0.15, 0.2) is 11.5 Å². The quantitative estimate of drug-likeness (QED) is 0.302. The van der Waals surface area contributed by atoms with Crippen LogP contribution in [0.15, 0.2) is 48.2 Å². The van der Waals surface area contributed by atoms with Gasteiger partial charge in [-0.15, -0.1) is 6.58 Å². The average molecular weight is 354 g/mol. The number of aliphatic hydroxyl groups excluding tert-OH is 1. The highest BCUT2D eigenvalue weighted by molar-refractivity contribution is 5.31. The number of allylic oxidation sites excluding steroid dienone is 2. The number of aliphatic hydroxyl groups is 1. The molecule has 0 rings (SSSR count). The van der Waals surface area contributed by atoms with Gasteiger partial charge < -0.3 is 24.6 Å². The molecule has 0 heterocycles. The molecule has 0 saturated carbocycles. The fourth-order valence-electron chi connectivity index (χ4n) is 2.39. The fraction of sp³-hybridized carbons (Fsp3) is 0.600. The molecule has 0 spiro atoms. The second-order valence-electron chi connectivity index (χ2n) is 5.93. The summed E-state index contributed by atoms with van der Waals surface area (Å²) in [6.45, 7) is 14.9. The van der Waals surface area contributed by atoms with Crippen molar-refractivity contribution in [3.8, 4) is 0 Å². The molecule has 0 bridgehead atoms. The second kappa shape index (κ2) is 12.6. The number of nitrogens with one attached hydrogen (secondary N) is 1. The number of methoxy groups -OCH3 is 2. The first kappa shape index (κ1) is 23.3. The van der Waals surface area contributed by atoms with E-state index in [1.165, 1.54) is 6.08 Å². The van der Waals surface area contributed by atoms with Gasteiger partial charge in [0.2, 0.25) is 0 Å². The van der Waals surface area contributed by atoms with Crippen molar-refractivity contribution < 1.29 is 19.3 Å². The van der Waals surface area contributed by atoms with E-state index in [1.807, 2.05) is 33.9 Å². The molecule has 0 aliphatic rings. The zero-order chi connectivity index (χ0) is 19.4. The summed E-state index contributed by atoms with van der Waals surface area (Å²) < 4.78 is 17.0. The molecule has 0 radical (unpaired) electrons. The van der Waals surface area contributed by atoms with Crippen LogP contribution in [0.1, 0.15) is 27.2 Å². The maximum absolute atomic E-state index is 10.1. The van der Waals surface area contributed by atoms with Crippen molar-refractivity contribution in [1.29, 1.82) is 0 Å². The Morgan fingerprint density at radius 1 is 1.24 bits per heavy atom. The van der Waals surface area contributed by atoms with Crippen LogP contribution in [0.5, 0.6) is 0 Å². The lowest BCUT2D eigenvalue weighted by Crippen LogP contribution is -2.25. The van der Waals surface area contributed by atoms with Crippen molar-refractivity contribution in [2.45, 2.75) is 33.3 Å². The SMILES string of the molecule is C=CC(O)[C@H](C)[C@H](C)/C(OCC)=C(OC)\C(=C/C(=C)CCNC)OC. The van der Waals surface area contributed by atoms with Gasteiger partial charge in [-0.3, -0.25) is 0 Å². The van der Waals surface area contributed by atoms with Crippen LogP contribution in [-0.4, -0.2) is 45.6 Å². The second-order valence-corrected chi connectivity index (χ2v) is 5.93. The topological polar surface area (TPSA) is 60.0 Å². The van der Waals surface area contributed by atoms with Gasteiger partial charge in [0, 0.05) is 5.92 Å². The fourth-order valence-corrected chi connectivity index (χ4v) is 2.39. The summed E-state index contributed by atoms with van der Waals surface area (Å²) >= 11 is 0. The molecule has 2 N–H and O–H groups in total. The van der Waals surface area contributed by atoms with Crippen LogP contribution >= 0.6 is 0 Å². The van der Waals surface area contributed by atoms with E-state index in [1.54, 1.807) is 14.2 Å². The third-order valence-corrected chi connectivity index (χ3v) is 4.19. The highest BCUT2D eigenvalue weighted by Gasteiger charge is 2.28. The lowest BCUT2D eigenvalue weighted by atomic mass is 9.88. The summed E-state index contributed by atoms with van der Waals surface area (Å²) in [4.78, 5) is 0. The summed E-state index contributed by atoms with van der Waals surface area (Å²) in [6, 6.07) is 0. The van der Waals surface area contributed by atoms with Gasteiger partial charge in [-0.2, -0.15) is 0 Å². The molecule has 0 aromatic rings. The molecule has 0 aliphatic heterocycles. The Bertz CT molecular complexity index is 482. The predicted molar refractivity (Wildman–Crippen MR) is 103 cm³/mol. The first-order chi connectivity index (χ1) is 11.9. The van der Waals surface area contributed by atoms with E-state index in [2.05, 4.69) is 18.5 Å². The molecular weight excluding hydrogens is 318 g/mol. The molecule has 0 fully saturated rings. The Morgan fingerprint density at radius 3 is 2.32 bits per heavy atom. The van der Waals surface area contributed by atoms with Crippen LogP contribution in [0.3, 0.4) is 0 Å². The average Bonchev–Trinajstić information content (AvgIpc) is 2.63. The highest BCUT2D eigenvalue weighted by Crippen LogP contribution is 2.31. The molecule has 0 aromatic carbocycles. The van der Waals surface area contributed by atoms with Crippen molar-refractivity contribution in [2.24, 2.45) is 11.8 Å². The molecule has 0 aliphatic carbocycles. The zero-order valence-electron chi connectivity index (χ0n) is 16.6. The maximum atomic E-state index is 10.1. The molecule has 25 heavy (non-hydrogen) atoms. The normalized spacial score (nSPS) is 16.4. The van der Waals surface area contributed by atoms with E-state index in [0.717, 1.165) is 18.5 Å². The summed E-state index contributed by atoms with van der Waals surface area (Å²) in [6.07, 6.45) is 3.55. The number of hydrogen-bond acceptors (Lipinski definition) is 5. The van der Waals surface area contributed by atoms with Crippen LogP contribution in [0.25, 0.3) is 0 Å². The van der Waals surface area contributed by atoms with Crippen molar-refractivity contribution >= 4 is 0 Å². The predicted octanol–water partition coefficient (Wildman–Crippen LogP) is 3.40. The monoisotopic (exact) mass is 353 g/mol. The van der Waals surface area contributed by atoms with E-state index in [4.69, 9.17) is 14.2 Å². The van der Waals surface area contributed by atoms with Gasteiger partial charge >= 0.3 is 0 Å². The molecule has 0 saturated heterocycles. The standard InChI is InChI=1S/C20H35NO4/c1-9-17(22)15(4)16(5)19(25-10-2)20(24-8)18(23-7)13-14(3)11-12-21-6/h9,13,15-17,21-22H,1,3,10-12H2,2,4-8H3/b18-13+,20-19-/t15-,16+,17?/m1/s1. The summed E-state index contributed by atoms with van der Waals surface area (Å²) in [7, 11) is 5.07. The van der Waals surface area contributed by atoms with Crippen LogP contribution in [0.4, 0.5) is 0 Å². The van der Waals surface area contributed by atoms with Crippen molar-refractivity contribution in [3.05, 3.63) is 48.2 Å². The van der Waals surface area contributed by atoms with Gasteiger partial charge in [0.1, 0.15) is 5.76 Å². The first-order valence-electron chi connectivity index (χ1n) is 8.67. The van der Waals surface area contributed by atoms with E-state index < -0.39 is 6.10 Å². The van der Waals surface area contributed by atoms with Crippen molar-refractivity contribution in [2.75, 3.05) is 34.4 Å². The first-order valence-corrected chi connectivity index (χ1v) is 8.67. The third-order valence-electron chi connectivity index (χ3n) is 4.19. The molecule has 144 valence electrons. The zero-order valence-corrected chi connectivity index (χ0v) is 16.6. The number of ether oxygens (including phenoxy) is 3. The van der Waals surface area contributed by atoms with E-state index in [0.29, 0.717) is 23.9 Å². The van der Waals surface area contributed by atoms with Gasteiger partial charge in [0.25, 0.3) is 0 Å². The molecule has 5 heteroatoms. The smallest absolute Gasteiger partial charge is 0.199 e. The lowest BCUT2D eigenvalue weighted by Gasteiger charge is -2.27. The largest absolute Gasteiger partial charge is 0.494 e. The van der Waals surface area contributed by atoms with E-state index >= 15 is 0 Å². The Hall–Kier alpha value is -1.72. The molecule has 0 aromatic heterocycles. The highest BCUT2D eigenvalue weighted by atomic mass is 16.5. The Balaban J connectivity index is 5.86. The van der Waals surface area contributed by atoms with Crippen LogP contribution in [0, 0.1) is 11.8 Å². The minimum absolute atomic E-state index is 0.0881. The van der Waals surface area contributed by atoms with Crippen molar-refractivity contribution in [3.63, 3.8) is 0 Å². The number of rotatable bonds is 13. The van der Waals surface area contributed by atoms with Gasteiger partial charge in [-0.25, -0.2) is 0 Å². The minimum Gasteiger partial charge on any atom is -0.494 e. The minimum atomic E-state index is -0.635.